The molecule has 8 nitrogen and oxygen atoms in total. The Kier molecular flexibility index (Phi) is 6.21. The number of nitrogens with zero attached hydrogens (tertiary/aromatic N) is 1. The van der Waals surface area contributed by atoms with E-state index in [0.717, 1.165) is 0 Å². The van der Waals surface area contributed by atoms with Gasteiger partial charge in [-0.1, -0.05) is 12.1 Å². The van der Waals surface area contributed by atoms with Crippen LogP contribution in [0.5, 0.6) is 5.75 Å². The number of benzene rings is 1. The second-order valence-corrected chi connectivity index (χ2v) is 5.37. The van der Waals surface area contributed by atoms with Crippen LogP contribution >= 0.6 is 0 Å². The van der Waals surface area contributed by atoms with Crippen molar-refractivity contribution in [2.24, 2.45) is 0 Å². The van der Waals surface area contributed by atoms with E-state index in [4.69, 9.17) is 9.94 Å². The first-order valence-corrected chi connectivity index (χ1v) is 7.57. The van der Waals surface area contributed by atoms with E-state index in [-0.39, 0.29) is 29.8 Å². The number of ether oxygens (including phenoxy) is 1. The predicted octanol–water partition coefficient (Wildman–Crippen LogP) is 1.14. The lowest BCUT2D eigenvalue weighted by molar-refractivity contribution is 0.0695. The molecule has 0 aliphatic carbocycles. The Hall–Kier alpha value is -3.04. The van der Waals surface area contributed by atoms with Crippen molar-refractivity contribution in [2.75, 3.05) is 14.2 Å². The highest BCUT2D eigenvalue weighted by Crippen LogP contribution is 2.29. The van der Waals surface area contributed by atoms with Crippen LogP contribution < -0.4 is 10.8 Å². The summed E-state index contributed by atoms with van der Waals surface area (Å²) in [4.78, 5) is 28.2. The fourth-order valence-electron chi connectivity index (χ4n) is 2.49. The average molecular weight is 363 g/mol. The molecule has 0 saturated heterocycles. The summed E-state index contributed by atoms with van der Waals surface area (Å²) in [5, 5.41) is 21.6. The summed E-state index contributed by atoms with van der Waals surface area (Å²) in [7, 11) is 2.77. The summed E-state index contributed by atoms with van der Waals surface area (Å²) in [5.74, 6) is -2.56. The minimum Gasteiger partial charge on any atom is -0.505 e. The second-order valence-electron chi connectivity index (χ2n) is 5.37. The monoisotopic (exact) mass is 363 g/mol. The van der Waals surface area contributed by atoms with E-state index in [1.54, 1.807) is 0 Å². The quantitative estimate of drug-likeness (QED) is 0.451. The third kappa shape index (κ3) is 3.95. The van der Waals surface area contributed by atoms with Crippen LogP contribution in [0.25, 0.3) is 0 Å². The highest BCUT2D eigenvalue weighted by atomic mass is 19.1. The van der Waals surface area contributed by atoms with Crippen LogP contribution in [0.1, 0.15) is 37.7 Å². The molecular formula is C17H18FN3O5. The van der Waals surface area contributed by atoms with Gasteiger partial charge in [0.25, 0.3) is 11.8 Å². The molecular weight excluding hydrogens is 345 g/mol. The Morgan fingerprint density at radius 3 is 2.42 bits per heavy atom. The molecule has 1 aromatic heterocycles. The highest BCUT2D eigenvalue weighted by molar-refractivity contribution is 6.00. The van der Waals surface area contributed by atoms with Crippen molar-refractivity contribution in [3.63, 3.8) is 0 Å². The minimum atomic E-state index is -1.04. The molecule has 2 amide bonds. The molecule has 0 fully saturated rings. The van der Waals surface area contributed by atoms with Crippen LogP contribution in [0.15, 0.2) is 24.3 Å². The number of amides is 2. The number of rotatable bonds is 6. The van der Waals surface area contributed by atoms with Gasteiger partial charge in [-0.25, -0.2) is 14.9 Å². The fraction of sp³-hybridized carbons (Fsp3) is 0.235. The van der Waals surface area contributed by atoms with Crippen molar-refractivity contribution in [3.8, 4) is 5.75 Å². The number of hydroxylamine groups is 1. The molecule has 0 radical (unpaired) electrons. The maximum absolute atomic E-state index is 13.1. The molecule has 0 aliphatic rings. The van der Waals surface area contributed by atoms with Gasteiger partial charge in [0.15, 0.2) is 11.4 Å². The predicted molar refractivity (Wildman–Crippen MR) is 88.5 cm³/mol. The Labute approximate surface area is 148 Å². The number of halogens is 1. The Bertz CT molecular complexity index is 824. The van der Waals surface area contributed by atoms with Crippen molar-refractivity contribution in [2.45, 2.75) is 13.0 Å². The molecule has 1 heterocycles. The lowest BCUT2D eigenvalue weighted by Crippen LogP contribution is -2.26. The molecule has 0 bridgehead atoms. The molecule has 26 heavy (non-hydrogen) atoms. The van der Waals surface area contributed by atoms with Gasteiger partial charge < -0.3 is 15.2 Å². The first-order valence-electron chi connectivity index (χ1n) is 7.57. The van der Waals surface area contributed by atoms with Gasteiger partial charge in [-0.2, -0.15) is 0 Å². The van der Waals surface area contributed by atoms with Gasteiger partial charge in [-0.05, 0) is 17.7 Å². The number of nitrogens with one attached hydrogen (secondary N) is 2. The standard InChI is InChI=1S/C17H18FN3O5/c1-19-16(23)13-11(8-26-2)15(22)14(17(24)21-25)20-12(13)7-9-3-5-10(18)6-4-9/h3-6,22,25H,7-8H2,1-2H3,(H,19,23)(H,21,24). The SMILES string of the molecule is CNC(=O)c1c(Cc2ccc(F)cc2)nc(C(=O)NO)c(O)c1COC. The average Bonchev–Trinajstić information content (AvgIpc) is 2.65. The van der Waals surface area contributed by atoms with Gasteiger partial charge in [-0.3, -0.25) is 14.8 Å². The third-order valence-electron chi connectivity index (χ3n) is 3.69. The molecule has 0 atom stereocenters. The number of methoxy groups -OCH3 is 1. The summed E-state index contributed by atoms with van der Waals surface area (Å²) >= 11 is 0. The van der Waals surface area contributed by atoms with E-state index in [2.05, 4.69) is 10.3 Å². The maximum Gasteiger partial charge on any atom is 0.297 e. The van der Waals surface area contributed by atoms with Crippen LogP contribution in [-0.2, 0) is 17.8 Å². The zero-order chi connectivity index (χ0) is 19.3. The molecule has 1 aromatic carbocycles. The molecule has 0 aliphatic heterocycles. The number of carbonyl (C=O) groups is 2. The molecule has 2 aromatic rings. The van der Waals surface area contributed by atoms with E-state index in [0.29, 0.717) is 5.56 Å². The van der Waals surface area contributed by atoms with E-state index in [1.807, 2.05) is 0 Å². The van der Waals surface area contributed by atoms with Crippen molar-refractivity contribution in [1.29, 1.82) is 0 Å². The smallest absolute Gasteiger partial charge is 0.297 e. The number of hydrogen-bond acceptors (Lipinski definition) is 6. The van der Waals surface area contributed by atoms with Gasteiger partial charge in [-0.15, -0.1) is 0 Å². The molecule has 4 N–H and O–H groups in total. The van der Waals surface area contributed by atoms with Crippen LogP contribution in [0.4, 0.5) is 4.39 Å². The van der Waals surface area contributed by atoms with Gasteiger partial charge in [0, 0.05) is 26.1 Å². The Balaban J connectivity index is 2.68. The Morgan fingerprint density at radius 1 is 1.23 bits per heavy atom. The van der Waals surface area contributed by atoms with Crippen LogP contribution in [0.2, 0.25) is 0 Å². The van der Waals surface area contributed by atoms with Crippen LogP contribution in [-0.4, -0.2) is 41.3 Å². The van der Waals surface area contributed by atoms with Crippen LogP contribution in [0.3, 0.4) is 0 Å². The van der Waals surface area contributed by atoms with Crippen molar-refractivity contribution in [3.05, 3.63) is 58.2 Å². The topological polar surface area (TPSA) is 121 Å². The number of aromatic nitrogens is 1. The summed E-state index contributed by atoms with van der Waals surface area (Å²) in [6, 6.07) is 5.54. The zero-order valence-electron chi connectivity index (χ0n) is 14.2. The first-order chi connectivity index (χ1) is 12.4. The number of carbonyl (C=O) groups excluding carboxylic acids is 2. The van der Waals surface area contributed by atoms with Crippen molar-refractivity contribution >= 4 is 11.8 Å². The van der Waals surface area contributed by atoms with E-state index in [1.165, 1.54) is 43.9 Å². The minimum absolute atomic E-state index is 0.0469. The summed E-state index contributed by atoms with van der Waals surface area (Å²) in [5.41, 5.74) is 1.85. The Morgan fingerprint density at radius 2 is 1.88 bits per heavy atom. The number of hydrogen-bond donors (Lipinski definition) is 4. The van der Waals surface area contributed by atoms with Gasteiger partial charge in [0.05, 0.1) is 17.9 Å². The molecule has 0 saturated carbocycles. The normalized spacial score (nSPS) is 10.5. The van der Waals surface area contributed by atoms with E-state index < -0.39 is 29.1 Å². The van der Waals surface area contributed by atoms with E-state index >= 15 is 0 Å². The third-order valence-corrected chi connectivity index (χ3v) is 3.69. The molecule has 0 unspecified atom stereocenters. The lowest BCUT2D eigenvalue weighted by atomic mass is 9.98. The van der Waals surface area contributed by atoms with E-state index in [9.17, 15) is 19.1 Å². The number of pyridine rings is 1. The maximum atomic E-state index is 13.1. The fourth-order valence-corrected chi connectivity index (χ4v) is 2.49. The first kappa shape index (κ1) is 19.3. The zero-order valence-corrected chi connectivity index (χ0v) is 14.2. The van der Waals surface area contributed by atoms with Crippen molar-refractivity contribution in [1.82, 2.24) is 15.8 Å². The van der Waals surface area contributed by atoms with Gasteiger partial charge in [0.1, 0.15) is 5.82 Å². The van der Waals surface area contributed by atoms with Gasteiger partial charge >= 0.3 is 0 Å². The molecule has 138 valence electrons. The lowest BCUT2D eigenvalue weighted by Gasteiger charge is -2.17. The summed E-state index contributed by atoms with van der Waals surface area (Å²) in [6.45, 7) is -0.167. The number of aromatic hydroxyl groups is 1. The summed E-state index contributed by atoms with van der Waals surface area (Å²) in [6.07, 6.45) is 0.0890. The van der Waals surface area contributed by atoms with Crippen molar-refractivity contribution < 1.29 is 29.0 Å². The van der Waals surface area contributed by atoms with Gasteiger partial charge in [0.2, 0.25) is 0 Å². The highest BCUT2D eigenvalue weighted by Gasteiger charge is 2.26. The molecule has 2 rings (SSSR count). The summed E-state index contributed by atoms with van der Waals surface area (Å²) < 4.78 is 18.1. The molecule has 0 spiro atoms. The van der Waals surface area contributed by atoms with Crippen LogP contribution in [0, 0.1) is 5.82 Å². The second kappa shape index (κ2) is 8.37. The molecule has 9 heteroatoms. The largest absolute Gasteiger partial charge is 0.505 e.